The van der Waals surface area contributed by atoms with Gasteiger partial charge in [-0.25, -0.2) is 0 Å². The summed E-state index contributed by atoms with van der Waals surface area (Å²) in [4.78, 5) is 3.94. The fraction of sp³-hybridized carbons (Fsp3) is 0.340. The van der Waals surface area contributed by atoms with E-state index in [1.165, 1.54) is 76.4 Å². The van der Waals surface area contributed by atoms with Crippen LogP contribution in [0.1, 0.15) is 78.7 Å². The first-order chi connectivity index (χ1) is 24.6. The van der Waals surface area contributed by atoms with Crippen molar-refractivity contribution < 1.29 is 4.57 Å². The highest BCUT2D eigenvalue weighted by atomic mass is 32.2. The highest BCUT2D eigenvalue weighted by Crippen LogP contribution is 2.51. The van der Waals surface area contributed by atoms with Crippen molar-refractivity contribution in [3.8, 4) is 0 Å². The second-order valence-electron chi connectivity index (χ2n) is 16.5. The minimum Gasteiger partial charge on any atom is -0.336 e. The molecule has 260 valence electrons. The number of thioether (sulfide) groups is 1. The van der Waals surface area contributed by atoms with Crippen LogP contribution in [-0.4, -0.2) is 6.54 Å². The van der Waals surface area contributed by atoms with Gasteiger partial charge in [0.2, 0.25) is 5.52 Å². The van der Waals surface area contributed by atoms with Crippen molar-refractivity contribution in [2.24, 2.45) is 16.7 Å². The van der Waals surface area contributed by atoms with Gasteiger partial charge in [0.15, 0.2) is 0 Å². The molecule has 8 rings (SSSR count). The van der Waals surface area contributed by atoms with E-state index in [0.717, 1.165) is 32.4 Å². The molecule has 51 heavy (non-hydrogen) atoms. The fourth-order valence-corrected chi connectivity index (χ4v) is 11.8. The van der Waals surface area contributed by atoms with Crippen molar-refractivity contribution >= 4 is 66.6 Å². The zero-order chi connectivity index (χ0) is 35.3. The highest BCUT2D eigenvalue weighted by Gasteiger charge is 2.33. The van der Waals surface area contributed by atoms with E-state index >= 15 is 0 Å². The van der Waals surface area contributed by atoms with Crippen molar-refractivity contribution in [2.45, 2.75) is 85.1 Å². The van der Waals surface area contributed by atoms with Crippen molar-refractivity contribution in [1.82, 2.24) is 0 Å². The Morgan fingerprint density at radius 3 is 2.37 bits per heavy atom. The number of hydrogen-bond acceptors (Lipinski definition) is 3. The number of aryl methyl sites for hydroxylation is 1. The van der Waals surface area contributed by atoms with Gasteiger partial charge in [0.05, 0.1) is 10.7 Å². The monoisotopic (exact) mass is 707 g/mol. The Balaban J connectivity index is 1.05. The van der Waals surface area contributed by atoms with Crippen molar-refractivity contribution in [3.05, 3.63) is 130 Å². The van der Waals surface area contributed by atoms with Gasteiger partial charge >= 0.3 is 0 Å². The summed E-state index contributed by atoms with van der Waals surface area (Å²) < 4.78 is 3.89. The quantitative estimate of drug-likeness (QED) is 0.162. The third-order valence-electron chi connectivity index (χ3n) is 11.0. The summed E-state index contributed by atoms with van der Waals surface area (Å²) in [5.74, 6) is 0.539. The lowest BCUT2D eigenvalue weighted by atomic mass is 9.70. The van der Waals surface area contributed by atoms with Gasteiger partial charge < -0.3 is 4.90 Å². The lowest BCUT2D eigenvalue weighted by molar-refractivity contribution is -0.665. The summed E-state index contributed by atoms with van der Waals surface area (Å²) in [6, 6.07) is 26.8. The molecule has 1 aliphatic heterocycles. The second-order valence-corrected chi connectivity index (χ2v) is 18.5. The van der Waals surface area contributed by atoms with Crippen molar-refractivity contribution in [3.63, 3.8) is 0 Å². The predicted octanol–water partition coefficient (Wildman–Crippen LogP) is 13.4. The zero-order valence-corrected chi connectivity index (χ0v) is 32.8. The van der Waals surface area contributed by atoms with E-state index in [0.29, 0.717) is 5.92 Å². The molecule has 2 heterocycles. The van der Waals surface area contributed by atoms with E-state index in [4.69, 9.17) is 0 Å². The van der Waals surface area contributed by atoms with E-state index in [1.54, 1.807) is 5.57 Å². The average Bonchev–Trinajstić information content (AvgIpc) is 3.63. The molecule has 1 unspecified atom stereocenters. The molecule has 2 nitrogen and oxygen atoms in total. The largest absolute Gasteiger partial charge is 0.336 e. The molecule has 0 bridgehead atoms. The van der Waals surface area contributed by atoms with E-state index in [9.17, 15) is 0 Å². The van der Waals surface area contributed by atoms with Gasteiger partial charge in [-0.05, 0) is 102 Å². The molecule has 1 fully saturated rings. The number of allylic oxidation sites excluding steroid dienone is 8. The van der Waals surface area contributed by atoms with E-state index in [-0.39, 0.29) is 10.8 Å². The smallest absolute Gasteiger partial charge is 0.263 e. The maximum atomic E-state index is 2.60. The third kappa shape index (κ3) is 6.90. The molecule has 1 aromatic heterocycles. The summed E-state index contributed by atoms with van der Waals surface area (Å²) in [6.45, 7) is 16.3. The molecular weight excluding hydrogens is 657 g/mol. The molecule has 4 aromatic carbocycles. The SMILES string of the molecule is CCN1C(=CC2CC(=CC=CC3=CC(=Cc4sc5c6ccccc6ccc5[n+]4CC)CC(C)(C)C3)CC(C)(C)C2)Sc2c1ccc1ccccc21. The summed E-state index contributed by atoms with van der Waals surface area (Å²) >= 11 is 3.91. The molecule has 1 atom stereocenters. The summed E-state index contributed by atoms with van der Waals surface area (Å²) in [7, 11) is 0. The Bertz CT molecular complexity index is 2310. The first-order valence-corrected chi connectivity index (χ1v) is 20.5. The van der Waals surface area contributed by atoms with Crippen LogP contribution in [0.2, 0.25) is 0 Å². The third-order valence-corrected chi connectivity index (χ3v) is 13.4. The first-order valence-electron chi connectivity index (χ1n) is 18.9. The number of thiazole rings is 1. The maximum absolute atomic E-state index is 2.60. The van der Waals surface area contributed by atoms with Crippen LogP contribution in [-0.2, 0) is 6.54 Å². The second kappa shape index (κ2) is 13.6. The van der Waals surface area contributed by atoms with Gasteiger partial charge in [0.25, 0.3) is 5.01 Å². The molecule has 0 spiro atoms. The van der Waals surface area contributed by atoms with Gasteiger partial charge in [-0.15, -0.1) is 0 Å². The molecule has 2 aliphatic carbocycles. The standard InChI is InChI=1S/C47H51N2S2/c1-7-48-40-22-20-36-16-9-11-18-38(36)44(40)50-42(48)26-34-24-32(28-46(3,4)30-34)14-13-15-33-25-35(31-47(5,6)29-33)27-43-49(8-2)41-23-21-37-17-10-12-19-39(37)45(41)51-43/h9-24,26-27,35H,7-8,25,28-31H2,1-6H3/q+1. The fourth-order valence-electron chi connectivity index (χ4n) is 9.04. The minimum atomic E-state index is 0.227. The zero-order valence-electron chi connectivity index (χ0n) is 31.1. The number of anilines is 1. The van der Waals surface area contributed by atoms with Gasteiger partial charge in [0.1, 0.15) is 11.2 Å². The molecule has 0 amide bonds. The highest BCUT2D eigenvalue weighted by molar-refractivity contribution is 8.04. The molecular formula is C47H51N2S2+. The molecule has 3 aliphatic rings. The summed E-state index contributed by atoms with van der Waals surface area (Å²) in [6.07, 6.45) is 20.5. The molecule has 0 radical (unpaired) electrons. The lowest BCUT2D eigenvalue weighted by Crippen LogP contribution is -2.33. The van der Waals surface area contributed by atoms with Gasteiger partial charge in [-0.3, -0.25) is 0 Å². The van der Waals surface area contributed by atoms with Gasteiger partial charge in [-0.1, -0.05) is 141 Å². The van der Waals surface area contributed by atoms with E-state index in [1.807, 2.05) is 23.1 Å². The van der Waals surface area contributed by atoms with Crippen LogP contribution in [0.15, 0.2) is 130 Å². The van der Waals surface area contributed by atoms with Crippen LogP contribution in [0.5, 0.6) is 0 Å². The van der Waals surface area contributed by atoms with Gasteiger partial charge in [-0.2, -0.15) is 4.57 Å². The number of hydrogen-bond donors (Lipinski definition) is 0. The topological polar surface area (TPSA) is 7.12 Å². The number of benzene rings is 4. The molecule has 5 aromatic rings. The number of fused-ring (bicyclic) bond motifs is 6. The van der Waals surface area contributed by atoms with Crippen molar-refractivity contribution in [1.29, 1.82) is 0 Å². The van der Waals surface area contributed by atoms with E-state index < -0.39 is 0 Å². The predicted molar refractivity (Wildman–Crippen MR) is 224 cm³/mol. The Kier molecular flexibility index (Phi) is 9.13. The Morgan fingerprint density at radius 1 is 0.843 bits per heavy atom. The molecule has 1 saturated carbocycles. The lowest BCUT2D eigenvalue weighted by Gasteiger charge is -2.36. The average molecular weight is 708 g/mol. The van der Waals surface area contributed by atoms with Crippen LogP contribution in [0.25, 0.3) is 37.8 Å². The maximum Gasteiger partial charge on any atom is 0.263 e. The molecule has 4 heteroatoms. The summed E-state index contributed by atoms with van der Waals surface area (Å²) in [5.41, 5.74) is 7.66. The minimum absolute atomic E-state index is 0.227. The van der Waals surface area contributed by atoms with E-state index in [2.05, 4.69) is 160 Å². The molecule has 0 saturated heterocycles. The summed E-state index contributed by atoms with van der Waals surface area (Å²) in [5, 5.41) is 8.13. The van der Waals surface area contributed by atoms with Crippen LogP contribution in [0, 0.1) is 16.7 Å². The van der Waals surface area contributed by atoms with Crippen LogP contribution in [0.3, 0.4) is 0 Å². The Hall–Kier alpha value is -3.86. The van der Waals surface area contributed by atoms with Crippen molar-refractivity contribution in [2.75, 3.05) is 11.4 Å². The van der Waals surface area contributed by atoms with Crippen LogP contribution in [0.4, 0.5) is 5.69 Å². The number of rotatable bonds is 6. The Labute approximate surface area is 313 Å². The first kappa shape index (κ1) is 34.2. The number of nitrogens with zero attached hydrogens (tertiary/aromatic N) is 2. The number of aromatic nitrogens is 1. The van der Waals surface area contributed by atoms with Crippen LogP contribution >= 0.6 is 23.1 Å². The Morgan fingerprint density at radius 2 is 1.59 bits per heavy atom. The normalized spacial score (nSPS) is 22.6. The van der Waals surface area contributed by atoms with Gasteiger partial charge in [0, 0.05) is 29.0 Å². The molecule has 0 N–H and O–H groups in total. The van der Waals surface area contributed by atoms with Crippen LogP contribution < -0.4 is 9.47 Å².